The normalized spacial score (nSPS) is 9.40. The van der Waals surface area contributed by atoms with E-state index in [-0.39, 0.29) is 6.54 Å². The first kappa shape index (κ1) is 11.5. The number of aliphatic carboxylic acids is 1. The second-order valence-corrected chi connectivity index (χ2v) is 3.01. The maximum Gasteiger partial charge on any atom is 0.349 e. The largest absolute Gasteiger partial charge is 0.480 e. The minimum Gasteiger partial charge on any atom is -0.480 e. The minimum absolute atomic E-state index is 0.164. The molecule has 0 saturated heterocycles. The van der Waals surface area contributed by atoms with E-state index in [1.165, 1.54) is 12.1 Å². The van der Waals surface area contributed by atoms with E-state index in [1.54, 1.807) is 12.1 Å². The first-order valence-electron chi connectivity index (χ1n) is 4.02. The van der Waals surface area contributed by atoms with Crippen molar-refractivity contribution in [2.24, 2.45) is 0 Å². The molecule has 0 radical (unpaired) electrons. The standard InChI is InChI=1S/C9H8BrNO4/c10-15-9(14)6-1-3-7(4-2-6)11-5-8(12)13/h1-4,11H,5H2,(H,12,13). The number of benzene rings is 1. The summed E-state index contributed by atoms with van der Waals surface area (Å²) in [6, 6.07) is 6.27. The number of halogens is 1. The Labute approximate surface area is 94.5 Å². The van der Waals surface area contributed by atoms with E-state index in [9.17, 15) is 9.59 Å². The Balaban J connectivity index is 2.64. The van der Waals surface area contributed by atoms with Gasteiger partial charge in [-0.1, -0.05) is 0 Å². The zero-order valence-corrected chi connectivity index (χ0v) is 9.15. The molecule has 0 aliphatic heterocycles. The van der Waals surface area contributed by atoms with Gasteiger partial charge in [-0.25, -0.2) is 4.79 Å². The molecule has 2 N–H and O–H groups in total. The maximum atomic E-state index is 11.0. The topological polar surface area (TPSA) is 75.6 Å². The van der Waals surface area contributed by atoms with Gasteiger partial charge in [0.2, 0.25) is 0 Å². The molecule has 15 heavy (non-hydrogen) atoms. The van der Waals surface area contributed by atoms with Crippen molar-refractivity contribution in [3.63, 3.8) is 0 Å². The fourth-order valence-electron chi connectivity index (χ4n) is 0.946. The Morgan fingerprint density at radius 1 is 1.33 bits per heavy atom. The smallest absolute Gasteiger partial charge is 0.349 e. The van der Waals surface area contributed by atoms with Gasteiger partial charge in [0.05, 0.1) is 5.56 Å². The van der Waals surface area contributed by atoms with Crippen LogP contribution in [0.1, 0.15) is 10.4 Å². The highest BCUT2D eigenvalue weighted by molar-refractivity contribution is 9.06. The van der Waals surface area contributed by atoms with Crippen molar-refractivity contribution in [2.75, 3.05) is 11.9 Å². The van der Waals surface area contributed by atoms with Crippen molar-refractivity contribution < 1.29 is 18.5 Å². The molecule has 0 atom stereocenters. The van der Waals surface area contributed by atoms with Crippen LogP contribution in [0, 0.1) is 0 Å². The molecule has 0 heterocycles. The van der Waals surface area contributed by atoms with Crippen molar-refractivity contribution in [3.8, 4) is 0 Å². The van der Waals surface area contributed by atoms with Crippen LogP contribution in [0.2, 0.25) is 0 Å². The molecule has 0 amide bonds. The van der Waals surface area contributed by atoms with Gasteiger partial charge in [-0.2, -0.15) is 0 Å². The fraction of sp³-hybridized carbons (Fsp3) is 0.111. The highest BCUT2D eigenvalue weighted by Gasteiger charge is 2.05. The molecule has 0 unspecified atom stereocenters. The van der Waals surface area contributed by atoms with Crippen molar-refractivity contribution in [3.05, 3.63) is 29.8 Å². The lowest BCUT2D eigenvalue weighted by atomic mass is 10.2. The Bertz CT molecular complexity index is 363. The van der Waals surface area contributed by atoms with Crippen molar-refractivity contribution >= 4 is 33.9 Å². The molecule has 0 aromatic heterocycles. The van der Waals surface area contributed by atoms with Crippen LogP contribution in [0.5, 0.6) is 0 Å². The van der Waals surface area contributed by atoms with E-state index < -0.39 is 11.9 Å². The molecular weight excluding hydrogens is 266 g/mol. The third kappa shape index (κ3) is 3.59. The maximum absolute atomic E-state index is 11.0. The number of carbonyl (C=O) groups excluding carboxylic acids is 1. The molecule has 5 nitrogen and oxygen atoms in total. The van der Waals surface area contributed by atoms with Gasteiger partial charge in [0.25, 0.3) is 0 Å². The number of nitrogens with one attached hydrogen (secondary N) is 1. The van der Waals surface area contributed by atoms with Crippen molar-refractivity contribution in [1.82, 2.24) is 0 Å². The lowest BCUT2D eigenvalue weighted by molar-refractivity contribution is -0.134. The van der Waals surface area contributed by atoms with E-state index in [1.807, 2.05) is 0 Å². The summed E-state index contributed by atoms with van der Waals surface area (Å²) >= 11 is 2.58. The summed E-state index contributed by atoms with van der Waals surface area (Å²) in [5, 5.41) is 11.1. The van der Waals surface area contributed by atoms with Crippen LogP contribution in [0.15, 0.2) is 24.3 Å². The predicted molar refractivity (Wildman–Crippen MR) is 56.9 cm³/mol. The van der Waals surface area contributed by atoms with Gasteiger partial charge in [0.15, 0.2) is 16.3 Å². The van der Waals surface area contributed by atoms with Crippen LogP contribution < -0.4 is 5.32 Å². The van der Waals surface area contributed by atoms with Gasteiger partial charge >= 0.3 is 11.9 Å². The molecule has 80 valence electrons. The van der Waals surface area contributed by atoms with E-state index in [4.69, 9.17) is 5.11 Å². The summed E-state index contributed by atoms with van der Waals surface area (Å²) in [4.78, 5) is 21.3. The first-order valence-corrected chi connectivity index (χ1v) is 4.67. The molecule has 1 rings (SSSR count). The second kappa shape index (κ2) is 5.35. The number of hydrogen-bond donors (Lipinski definition) is 2. The Morgan fingerprint density at radius 3 is 2.40 bits per heavy atom. The average Bonchev–Trinajstić information content (AvgIpc) is 2.26. The quantitative estimate of drug-likeness (QED) is 0.873. The third-order valence-electron chi connectivity index (χ3n) is 1.63. The van der Waals surface area contributed by atoms with E-state index >= 15 is 0 Å². The summed E-state index contributed by atoms with van der Waals surface area (Å²) in [6.07, 6.45) is 0. The molecule has 0 aliphatic carbocycles. The number of carboxylic acids is 1. The summed E-state index contributed by atoms with van der Waals surface area (Å²) < 4.78 is 4.33. The van der Waals surface area contributed by atoms with Gasteiger partial charge < -0.3 is 14.3 Å². The van der Waals surface area contributed by atoms with Crippen LogP contribution in [0.4, 0.5) is 5.69 Å². The molecule has 0 bridgehead atoms. The fourth-order valence-corrected chi connectivity index (χ4v) is 1.13. The van der Waals surface area contributed by atoms with Crippen LogP contribution in [0.3, 0.4) is 0 Å². The van der Waals surface area contributed by atoms with Gasteiger partial charge in [0.1, 0.15) is 6.54 Å². The van der Waals surface area contributed by atoms with E-state index in [2.05, 4.69) is 25.4 Å². The van der Waals surface area contributed by atoms with E-state index in [0.717, 1.165) is 0 Å². The minimum atomic E-state index is -0.945. The SMILES string of the molecule is O=C(O)CNc1ccc(C(=O)OBr)cc1. The zero-order chi connectivity index (χ0) is 11.3. The molecule has 0 fully saturated rings. The monoisotopic (exact) mass is 273 g/mol. The molecule has 0 aliphatic rings. The van der Waals surface area contributed by atoms with Gasteiger partial charge in [-0.05, 0) is 24.3 Å². The van der Waals surface area contributed by atoms with E-state index in [0.29, 0.717) is 11.3 Å². The lowest BCUT2D eigenvalue weighted by Gasteiger charge is -2.03. The molecule has 1 aromatic carbocycles. The highest BCUT2D eigenvalue weighted by atomic mass is 79.9. The molecule has 0 saturated carbocycles. The predicted octanol–water partition coefficient (Wildman–Crippen LogP) is 1.65. The number of carbonyl (C=O) groups is 2. The zero-order valence-electron chi connectivity index (χ0n) is 7.57. The number of anilines is 1. The molecular formula is C9H8BrNO4. The number of rotatable bonds is 4. The van der Waals surface area contributed by atoms with Gasteiger partial charge in [-0.15, -0.1) is 0 Å². The highest BCUT2D eigenvalue weighted by Crippen LogP contribution is 2.10. The molecule has 1 aromatic rings. The third-order valence-corrected chi connectivity index (χ3v) is 1.93. The lowest BCUT2D eigenvalue weighted by Crippen LogP contribution is -2.12. The van der Waals surface area contributed by atoms with Crippen LogP contribution in [-0.4, -0.2) is 23.6 Å². The first-order chi connectivity index (χ1) is 7.13. The number of hydrogen-bond acceptors (Lipinski definition) is 4. The van der Waals surface area contributed by atoms with Crippen molar-refractivity contribution in [1.29, 1.82) is 0 Å². The molecule has 6 heteroatoms. The number of carboxylic acid groups (broad SMARTS) is 1. The van der Waals surface area contributed by atoms with Crippen LogP contribution in [0.25, 0.3) is 0 Å². The van der Waals surface area contributed by atoms with Crippen molar-refractivity contribution in [2.45, 2.75) is 0 Å². The summed E-state index contributed by atoms with van der Waals surface area (Å²) in [5.74, 6) is -1.45. The summed E-state index contributed by atoms with van der Waals surface area (Å²) in [5.41, 5.74) is 1.01. The Morgan fingerprint density at radius 2 is 1.93 bits per heavy atom. The van der Waals surface area contributed by atoms with Crippen LogP contribution in [-0.2, 0) is 8.62 Å². The Hall–Kier alpha value is -1.56. The Kier molecular flexibility index (Phi) is 4.11. The average molecular weight is 274 g/mol. The van der Waals surface area contributed by atoms with Gasteiger partial charge in [0, 0.05) is 5.69 Å². The summed E-state index contributed by atoms with van der Waals surface area (Å²) in [7, 11) is 0. The van der Waals surface area contributed by atoms with Gasteiger partial charge in [-0.3, -0.25) is 4.79 Å². The summed E-state index contributed by atoms with van der Waals surface area (Å²) in [6.45, 7) is -0.164. The van der Waals surface area contributed by atoms with Crippen LogP contribution >= 0.6 is 16.3 Å². The molecule has 0 spiro atoms. The second-order valence-electron chi connectivity index (χ2n) is 2.69.